The first kappa shape index (κ1) is 18.6. The molecule has 1 fully saturated rings. The van der Waals surface area contributed by atoms with Crippen LogP contribution in [0.3, 0.4) is 0 Å². The Balaban J connectivity index is 1.62. The van der Waals surface area contributed by atoms with Gasteiger partial charge in [-0.2, -0.15) is 9.40 Å². The highest BCUT2D eigenvalue weighted by Crippen LogP contribution is 2.31. The zero-order chi connectivity index (χ0) is 19.0. The molecule has 2 aromatic rings. The van der Waals surface area contributed by atoms with Gasteiger partial charge in [0.15, 0.2) is 0 Å². The number of nitrogens with zero attached hydrogens (tertiary/aromatic N) is 3. The van der Waals surface area contributed by atoms with Crippen molar-refractivity contribution >= 4 is 10.0 Å². The molecule has 0 radical (unpaired) electrons. The first-order valence-electron chi connectivity index (χ1n) is 9.71. The van der Waals surface area contributed by atoms with Crippen molar-refractivity contribution in [1.29, 1.82) is 0 Å². The number of aromatic nitrogens is 2. The fourth-order valence-corrected chi connectivity index (χ4v) is 6.26. The molecule has 0 aliphatic heterocycles. The van der Waals surface area contributed by atoms with Crippen LogP contribution in [0.15, 0.2) is 24.3 Å². The van der Waals surface area contributed by atoms with Crippen LogP contribution in [0.4, 0.5) is 4.39 Å². The maximum absolute atomic E-state index is 13.3. The van der Waals surface area contributed by atoms with Crippen LogP contribution in [-0.2, 0) is 42.2 Å². The SMILES string of the molecule is Cn1nc(CN(C2CCCC2)S(=O)(=O)Cc2ccc(F)cc2)c2c1CCC2. The molecule has 0 N–H and O–H groups in total. The highest BCUT2D eigenvalue weighted by molar-refractivity contribution is 7.88. The van der Waals surface area contributed by atoms with E-state index in [2.05, 4.69) is 5.10 Å². The Hall–Kier alpha value is -1.73. The van der Waals surface area contributed by atoms with Gasteiger partial charge in [-0.15, -0.1) is 0 Å². The van der Waals surface area contributed by atoms with Gasteiger partial charge in [0.1, 0.15) is 5.82 Å². The number of benzene rings is 1. The number of fused-ring (bicyclic) bond motifs is 1. The van der Waals surface area contributed by atoms with Crippen LogP contribution in [-0.4, -0.2) is 28.5 Å². The van der Waals surface area contributed by atoms with Gasteiger partial charge < -0.3 is 0 Å². The topological polar surface area (TPSA) is 55.2 Å². The first-order chi connectivity index (χ1) is 12.9. The van der Waals surface area contributed by atoms with Gasteiger partial charge in [0.2, 0.25) is 10.0 Å². The molecule has 0 unspecified atom stereocenters. The summed E-state index contributed by atoms with van der Waals surface area (Å²) in [5.41, 5.74) is 4.00. The fraction of sp³-hybridized carbons (Fsp3) is 0.550. The standard InChI is InChI=1S/C20H26FN3O2S/c1-23-20-8-4-7-18(20)19(22-23)13-24(17-5-2-3-6-17)27(25,26)14-15-9-11-16(21)12-10-15/h9-12,17H,2-8,13-14H2,1H3. The Morgan fingerprint density at radius 2 is 1.85 bits per heavy atom. The third-order valence-corrected chi connectivity index (χ3v) is 7.70. The summed E-state index contributed by atoms with van der Waals surface area (Å²) >= 11 is 0. The molecule has 2 aliphatic carbocycles. The summed E-state index contributed by atoms with van der Waals surface area (Å²) in [5.74, 6) is -0.452. The first-order valence-corrected chi connectivity index (χ1v) is 11.3. The summed E-state index contributed by atoms with van der Waals surface area (Å²) in [6.45, 7) is 0.345. The van der Waals surface area contributed by atoms with E-state index in [1.807, 2.05) is 11.7 Å². The third kappa shape index (κ3) is 3.80. The summed E-state index contributed by atoms with van der Waals surface area (Å²) in [5, 5.41) is 4.64. The quantitative estimate of drug-likeness (QED) is 0.759. The lowest BCUT2D eigenvalue weighted by atomic mass is 10.2. The van der Waals surface area contributed by atoms with Gasteiger partial charge in [0.05, 0.1) is 18.0 Å². The van der Waals surface area contributed by atoms with Crippen molar-refractivity contribution in [2.45, 2.75) is 63.3 Å². The van der Waals surface area contributed by atoms with E-state index in [1.165, 1.54) is 23.4 Å². The minimum Gasteiger partial charge on any atom is -0.272 e. The molecule has 2 aliphatic rings. The molecule has 1 aromatic heterocycles. The van der Waals surface area contributed by atoms with E-state index >= 15 is 0 Å². The number of rotatable bonds is 6. The van der Waals surface area contributed by atoms with Crippen molar-refractivity contribution in [3.8, 4) is 0 Å². The molecule has 146 valence electrons. The molecule has 0 bridgehead atoms. The summed E-state index contributed by atoms with van der Waals surface area (Å²) in [7, 11) is -1.57. The van der Waals surface area contributed by atoms with Gasteiger partial charge in [-0.05, 0) is 55.4 Å². The minimum atomic E-state index is -3.52. The maximum atomic E-state index is 13.3. The second-order valence-electron chi connectivity index (χ2n) is 7.72. The van der Waals surface area contributed by atoms with Gasteiger partial charge in [-0.25, -0.2) is 12.8 Å². The van der Waals surface area contributed by atoms with Crippen LogP contribution in [0.1, 0.15) is 54.6 Å². The summed E-state index contributed by atoms with van der Waals surface area (Å²) in [6, 6.07) is 5.78. The predicted molar refractivity (Wildman–Crippen MR) is 102 cm³/mol. The molecule has 0 atom stereocenters. The van der Waals surface area contributed by atoms with E-state index in [0.29, 0.717) is 12.1 Å². The number of halogens is 1. The Morgan fingerprint density at radius 1 is 1.15 bits per heavy atom. The third-order valence-electron chi connectivity index (χ3n) is 5.86. The van der Waals surface area contributed by atoms with Crippen LogP contribution in [0, 0.1) is 5.82 Å². The van der Waals surface area contributed by atoms with E-state index < -0.39 is 10.0 Å². The Bertz CT molecular complexity index is 915. The number of aryl methyl sites for hydroxylation is 1. The van der Waals surface area contributed by atoms with Crippen LogP contribution in [0.25, 0.3) is 0 Å². The minimum absolute atomic E-state index is 0.0366. The number of hydrogen-bond acceptors (Lipinski definition) is 3. The van der Waals surface area contributed by atoms with Crippen molar-refractivity contribution in [3.63, 3.8) is 0 Å². The summed E-state index contributed by atoms with van der Waals surface area (Å²) in [6.07, 6.45) is 7.04. The van der Waals surface area contributed by atoms with Gasteiger partial charge >= 0.3 is 0 Å². The van der Waals surface area contributed by atoms with E-state index in [0.717, 1.165) is 50.6 Å². The Morgan fingerprint density at radius 3 is 2.56 bits per heavy atom. The molecule has 0 amide bonds. The lowest BCUT2D eigenvalue weighted by molar-refractivity contribution is 0.311. The van der Waals surface area contributed by atoms with Crippen molar-refractivity contribution in [2.24, 2.45) is 7.05 Å². The zero-order valence-corrected chi connectivity index (χ0v) is 16.5. The lowest BCUT2D eigenvalue weighted by Crippen LogP contribution is -2.39. The molecule has 1 saturated carbocycles. The van der Waals surface area contributed by atoms with Crippen LogP contribution in [0.2, 0.25) is 0 Å². The second kappa shape index (κ2) is 7.36. The maximum Gasteiger partial charge on any atom is 0.218 e. The van der Waals surface area contributed by atoms with Gasteiger partial charge in [-0.3, -0.25) is 4.68 Å². The molecule has 0 spiro atoms. The lowest BCUT2D eigenvalue weighted by Gasteiger charge is -2.28. The van der Waals surface area contributed by atoms with Crippen LogP contribution < -0.4 is 0 Å². The Kier molecular flexibility index (Phi) is 5.07. The van der Waals surface area contributed by atoms with Crippen molar-refractivity contribution < 1.29 is 12.8 Å². The normalized spacial score (nSPS) is 17.7. The highest BCUT2D eigenvalue weighted by atomic mass is 32.2. The summed E-state index contributed by atoms with van der Waals surface area (Å²) in [4.78, 5) is 0. The Labute approximate surface area is 160 Å². The monoisotopic (exact) mass is 391 g/mol. The van der Waals surface area contributed by atoms with Crippen LogP contribution in [0.5, 0.6) is 0 Å². The van der Waals surface area contributed by atoms with E-state index in [-0.39, 0.29) is 17.6 Å². The molecule has 5 nitrogen and oxygen atoms in total. The van der Waals surface area contributed by atoms with E-state index in [4.69, 9.17) is 0 Å². The second-order valence-corrected chi connectivity index (χ2v) is 9.64. The van der Waals surface area contributed by atoms with Gasteiger partial charge in [0.25, 0.3) is 0 Å². The van der Waals surface area contributed by atoms with Crippen molar-refractivity contribution in [2.75, 3.05) is 0 Å². The van der Waals surface area contributed by atoms with E-state index in [9.17, 15) is 12.8 Å². The largest absolute Gasteiger partial charge is 0.272 e. The highest BCUT2D eigenvalue weighted by Gasteiger charge is 2.34. The molecule has 0 saturated heterocycles. The number of hydrogen-bond donors (Lipinski definition) is 0. The average Bonchev–Trinajstić information content (AvgIpc) is 3.35. The molecular weight excluding hydrogens is 365 g/mol. The van der Waals surface area contributed by atoms with Gasteiger partial charge in [0, 0.05) is 18.8 Å². The zero-order valence-electron chi connectivity index (χ0n) is 15.7. The summed E-state index contributed by atoms with van der Waals surface area (Å²) < 4.78 is 43.3. The van der Waals surface area contributed by atoms with E-state index in [1.54, 1.807) is 16.4 Å². The molecule has 1 heterocycles. The van der Waals surface area contributed by atoms with Crippen LogP contribution >= 0.6 is 0 Å². The molecule has 27 heavy (non-hydrogen) atoms. The molecule has 7 heteroatoms. The number of sulfonamides is 1. The predicted octanol–water partition coefficient (Wildman–Crippen LogP) is 3.32. The smallest absolute Gasteiger partial charge is 0.218 e. The fourth-order valence-electron chi connectivity index (χ4n) is 4.49. The molecule has 4 rings (SSSR count). The van der Waals surface area contributed by atoms with Crippen molar-refractivity contribution in [3.05, 3.63) is 52.6 Å². The average molecular weight is 392 g/mol. The van der Waals surface area contributed by atoms with Gasteiger partial charge in [-0.1, -0.05) is 25.0 Å². The molecule has 1 aromatic carbocycles. The molecular formula is C20H26FN3O2S. The van der Waals surface area contributed by atoms with Crippen molar-refractivity contribution in [1.82, 2.24) is 14.1 Å².